The summed E-state index contributed by atoms with van der Waals surface area (Å²) in [6.07, 6.45) is -5.67. The summed E-state index contributed by atoms with van der Waals surface area (Å²) in [5.74, 6) is -19.5. The molecule has 0 aromatic carbocycles. The molecule has 1 rings (SSSR count). The molecular weight excluding hydrogens is 295 g/mol. The quantitative estimate of drug-likeness (QED) is 0.799. The van der Waals surface area contributed by atoms with E-state index in [1.54, 1.807) is 0 Å². The molecule has 2 nitrogen and oxygen atoms in total. The van der Waals surface area contributed by atoms with E-state index in [9.17, 15) is 39.5 Å². The summed E-state index contributed by atoms with van der Waals surface area (Å²) in [7, 11) is 0. The normalized spacial score (nSPS) is 14.6. The summed E-state index contributed by atoms with van der Waals surface area (Å²) in [5.41, 5.74) is -2.00. The number of alkyl halides is 9. The minimum absolute atomic E-state index is 0.0274. The van der Waals surface area contributed by atoms with Gasteiger partial charge in [-0.3, -0.25) is 9.97 Å². The van der Waals surface area contributed by atoms with Gasteiger partial charge in [0.1, 0.15) is 5.69 Å². The Hall–Kier alpha value is -1.55. The minimum Gasteiger partial charge on any atom is -0.261 e. The van der Waals surface area contributed by atoms with E-state index in [1.807, 2.05) is 0 Å². The van der Waals surface area contributed by atoms with Crippen molar-refractivity contribution in [3.63, 3.8) is 0 Å². The average molecular weight is 298 g/mol. The van der Waals surface area contributed by atoms with Crippen molar-refractivity contribution in [2.75, 3.05) is 0 Å². The largest absolute Gasteiger partial charge is 0.460 e. The second-order valence-corrected chi connectivity index (χ2v) is 3.31. The highest BCUT2D eigenvalue weighted by Gasteiger charge is 2.82. The summed E-state index contributed by atoms with van der Waals surface area (Å²) in [4.78, 5) is 5.53. The molecule has 11 heteroatoms. The monoisotopic (exact) mass is 298 g/mol. The minimum atomic E-state index is -6.93. The van der Waals surface area contributed by atoms with Gasteiger partial charge >= 0.3 is 23.9 Å². The van der Waals surface area contributed by atoms with Crippen LogP contribution in [0.15, 0.2) is 18.6 Å². The van der Waals surface area contributed by atoms with Gasteiger partial charge in [-0.05, 0) is 0 Å². The maximum atomic E-state index is 13.1. The Morgan fingerprint density at radius 1 is 0.737 bits per heavy atom. The van der Waals surface area contributed by atoms with Crippen molar-refractivity contribution < 1.29 is 39.5 Å². The molecule has 1 heterocycles. The van der Waals surface area contributed by atoms with Crippen LogP contribution in [0.25, 0.3) is 0 Å². The molecule has 0 amide bonds. The van der Waals surface area contributed by atoms with E-state index in [0.29, 0.717) is 6.20 Å². The molecule has 0 bridgehead atoms. The predicted molar refractivity (Wildman–Crippen MR) is 41.9 cm³/mol. The van der Waals surface area contributed by atoms with E-state index < -0.39 is 29.6 Å². The maximum Gasteiger partial charge on any atom is 0.460 e. The Morgan fingerprint density at radius 3 is 1.63 bits per heavy atom. The van der Waals surface area contributed by atoms with Crippen molar-refractivity contribution in [2.24, 2.45) is 0 Å². The van der Waals surface area contributed by atoms with Crippen LogP contribution in [0, 0.1) is 0 Å². The van der Waals surface area contributed by atoms with Gasteiger partial charge in [0, 0.05) is 12.4 Å². The molecule has 0 atom stereocenters. The van der Waals surface area contributed by atoms with Crippen LogP contribution in [0.4, 0.5) is 39.5 Å². The molecule has 1 aromatic heterocycles. The lowest BCUT2D eigenvalue weighted by molar-refractivity contribution is -0.400. The SMILES string of the molecule is FC(F)(F)C(F)(F)C(F)(F)C(F)(F)c1cnccn1. The molecule has 0 saturated carbocycles. The lowest BCUT2D eigenvalue weighted by atomic mass is 10.0. The van der Waals surface area contributed by atoms with E-state index in [4.69, 9.17) is 0 Å². The van der Waals surface area contributed by atoms with Crippen molar-refractivity contribution in [1.29, 1.82) is 0 Å². The van der Waals surface area contributed by atoms with E-state index in [2.05, 4.69) is 9.97 Å². The molecule has 1 aromatic rings. The van der Waals surface area contributed by atoms with Crippen LogP contribution in [-0.2, 0) is 5.92 Å². The molecule has 0 spiro atoms. The van der Waals surface area contributed by atoms with Gasteiger partial charge in [0.25, 0.3) is 0 Å². The first-order valence-corrected chi connectivity index (χ1v) is 4.32. The van der Waals surface area contributed by atoms with Gasteiger partial charge in [0.15, 0.2) is 0 Å². The molecule has 0 aliphatic rings. The summed E-state index contributed by atoms with van der Waals surface area (Å²) in [5, 5.41) is 0. The van der Waals surface area contributed by atoms with Crippen molar-refractivity contribution in [3.05, 3.63) is 24.3 Å². The van der Waals surface area contributed by atoms with Gasteiger partial charge in [0.05, 0.1) is 6.20 Å². The van der Waals surface area contributed by atoms with Gasteiger partial charge in [-0.2, -0.15) is 39.5 Å². The highest BCUT2D eigenvalue weighted by molar-refractivity contribution is 5.13. The molecular formula is C8H3F9N2. The van der Waals surface area contributed by atoms with Crippen molar-refractivity contribution in [2.45, 2.75) is 23.9 Å². The first-order valence-electron chi connectivity index (χ1n) is 4.32. The Kier molecular flexibility index (Phi) is 3.46. The van der Waals surface area contributed by atoms with Crippen LogP contribution in [0.5, 0.6) is 0 Å². The summed E-state index contributed by atoms with van der Waals surface area (Å²) >= 11 is 0. The van der Waals surface area contributed by atoms with Crippen molar-refractivity contribution in [1.82, 2.24) is 9.97 Å². The third-order valence-electron chi connectivity index (χ3n) is 2.03. The molecule has 0 fully saturated rings. The highest BCUT2D eigenvalue weighted by atomic mass is 19.4. The number of nitrogens with zero attached hydrogens (tertiary/aromatic N) is 2. The zero-order chi connectivity index (χ0) is 15.1. The van der Waals surface area contributed by atoms with Gasteiger partial charge in [-0.1, -0.05) is 0 Å². The summed E-state index contributed by atoms with van der Waals surface area (Å²) in [6.45, 7) is 0. The van der Waals surface area contributed by atoms with E-state index in [0.717, 1.165) is 6.20 Å². The molecule has 0 aliphatic heterocycles. The molecule has 0 radical (unpaired) electrons. The first kappa shape index (κ1) is 15.5. The third kappa shape index (κ3) is 2.21. The molecule has 0 N–H and O–H groups in total. The topological polar surface area (TPSA) is 25.8 Å². The molecule has 19 heavy (non-hydrogen) atoms. The van der Waals surface area contributed by atoms with Gasteiger partial charge < -0.3 is 0 Å². The summed E-state index contributed by atoms with van der Waals surface area (Å²) < 4.78 is 112. The van der Waals surface area contributed by atoms with Crippen molar-refractivity contribution in [3.8, 4) is 0 Å². The fourth-order valence-corrected chi connectivity index (χ4v) is 0.997. The Labute approximate surface area is 98.8 Å². The summed E-state index contributed by atoms with van der Waals surface area (Å²) in [6, 6.07) is 0. The Bertz CT molecular complexity index is 439. The van der Waals surface area contributed by atoms with Crippen molar-refractivity contribution >= 4 is 0 Å². The molecule has 0 aliphatic carbocycles. The fourth-order valence-electron chi connectivity index (χ4n) is 0.997. The van der Waals surface area contributed by atoms with Crippen LogP contribution in [-0.4, -0.2) is 28.0 Å². The number of hydrogen-bond acceptors (Lipinski definition) is 2. The Balaban J connectivity index is 3.34. The van der Waals surface area contributed by atoms with Crippen LogP contribution >= 0.6 is 0 Å². The average Bonchev–Trinajstić information content (AvgIpc) is 2.28. The highest BCUT2D eigenvalue weighted by Crippen LogP contribution is 2.56. The van der Waals surface area contributed by atoms with Crippen LogP contribution in [0.1, 0.15) is 5.69 Å². The molecule has 0 unspecified atom stereocenters. The maximum absolute atomic E-state index is 13.1. The van der Waals surface area contributed by atoms with E-state index in [1.165, 1.54) is 0 Å². The van der Waals surface area contributed by atoms with Gasteiger partial charge in [-0.15, -0.1) is 0 Å². The standard InChI is InChI=1S/C8H3F9N2/c9-5(10,4-3-18-1-2-19-4)6(11,12)7(13,14)8(15,16)17/h1-3H. The zero-order valence-corrected chi connectivity index (χ0v) is 8.53. The van der Waals surface area contributed by atoms with Crippen LogP contribution < -0.4 is 0 Å². The van der Waals surface area contributed by atoms with Crippen LogP contribution in [0.2, 0.25) is 0 Å². The fraction of sp³-hybridized carbons (Fsp3) is 0.500. The number of rotatable bonds is 3. The lowest BCUT2D eigenvalue weighted by Crippen LogP contribution is -2.59. The molecule has 0 saturated heterocycles. The number of aromatic nitrogens is 2. The zero-order valence-electron chi connectivity index (χ0n) is 8.53. The van der Waals surface area contributed by atoms with Crippen LogP contribution in [0.3, 0.4) is 0 Å². The smallest absolute Gasteiger partial charge is 0.261 e. The first-order chi connectivity index (χ1) is 8.36. The van der Waals surface area contributed by atoms with Gasteiger partial charge in [-0.25, -0.2) is 0 Å². The number of halogens is 9. The second kappa shape index (κ2) is 4.23. The van der Waals surface area contributed by atoms with Gasteiger partial charge in [0.2, 0.25) is 0 Å². The number of hydrogen-bond donors (Lipinski definition) is 0. The lowest BCUT2D eigenvalue weighted by Gasteiger charge is -2.33. The Morgan fingerprint density at radius 2 is 1.26 bits per heavy atom. The second-order valence-electron chi connectivity index (χ2n) is 3.31. The third-order valence-corrected chi connectivity index (χ3v) is 2.03. The van der Waals surface area contributed by atoms with E-state index in [-0.39, 0.29) is 6.20 Å². The predicted octanol–water partition coefficient (Wildman–Crippen LogP) is 3.40. The molecule has 108 valence electrons. The van der Waals surface area contributed by atoms with E-state index >= 15 is 0 Å².